The number of fused-ring (bicyclic) bond motifs is 6. The minimum absolute atomic E-state index is 0.0505. The van der Waals surface area contributed by atoms with Gasteiger partial charge in [-0.05, 0) is 147 Å². The van der Waals surface area contributed by atoms with Crippen LogP contribution in [0.3, 0.4) is 0 Å². The van der Waals surface area contributed by atoms with Crippen molar-refractivity contribution >= 4 is 28.5 Å². The van der Waals surface area contributed by atoms with Gasteiger partial charge in [-0.25, -0.2) is 4.79 Å². The molecule has 55 heavy (non-hydrogen) atoms. The highest BCUT2D eigenvalue weighted by atomic mass is 16.5. The third kappa shape index (κ3) is 7.07. The number of esters is 1. The molecule has 1 heterocycles. The van der Waals surface area contributed by atoms with Crippen LogP contribution in [-0.4, -0.2) is 62.3 Å². The van der Waals surface area contributed by atoms with Gasteiger partial charge in [0.2, 0.25) is 0 Å². The van der Waals surface area contributed by atoms with Crippen LogP contribution in [0.25, 0.3) is 10.9 Å². The van der Waals surface area contributed by atoms with E-state index in [4.69, 9.17) is 4.74 Å². The Bertz CT molecular complexity index is 1910. The molecule has 0 amide bonds. The first-order chi connectivity index (χ1) is 26.1. The molecule has 7 rings (SSSR count). The van der Waals surface area contributed by atoms with E-state index in [2.05, 4.69) is 55.3 Å². The number of carbonyl (C=O) groups excluding carboxylic acids is 1. The first-order valence-corrected chi connectivity index (χ1v) is 20.7. The third-order valence-corrected chi connectivity index (χ3v) is 15.7. The van der Waals surface area contributed by atoms with E-state index in [1.54, 1.807) is 0 Å². The van der Waals surface area contributed by atoms with Gasteiger partial charge in [0, 0.05) is 18.4 Å². The number of aromatic nitrogens is 1. The summed E-state index contributed by atoms with van der Waals surface area (Å²) in [6, 6.07) is 14.4. The second kappa shape index (κ2) is 15.1. The highest BCUT2D eigenvalue weighted by molar-refractivity contribution is 6.07. The van der Waals surface area contributed by atoms with Crippen molar-refractivity contribution in [3.8, 4) is 0 Å². The van der Waals surface area contributed by atoms with Crippen LogP contribution in [0.15, 0.2) is 42.5 Å². The molecule has 3 aromatic rings. The summed E-state index contributed by atoms with van der Waals surface area (Å²) in [5.74, 6) is 0.0124. The maximum atomic E-state index is 12.8. The van der Waals surface area contributed by atoms with Crippen molar-refractivity contribution in [1.82, 2.24) is 4.98 Å². The number of benzene rings is 2. The lowest BCUT2D eigenvalue weighted by Crippen LogP contribution is -2.63. The van der Waals surface area contributed by atoms with Gasteiger partial charge in [0.1, 0.15) is 5.56 Å². The van der Waals surface area contributed by atoms with Crippen molar-refractivity contribution in [3.63, 3.8) is 0 Å². The Kier molecular flexibility index (Phi) is 10.9. The number of carboxylic acids is 1. The van der Waals surface area contributed by atoms with Gasteiger partial charge in [-0.3, -0.25) is 9.78 Å². The lowest BCUT2D eigenvalue weighted by atomic mass is 9.42. The number of anilines is 1. The molecule has 1 aromatic heterocycles. The van der Waals surface area contributed by atoms with Crippen molar-refractivity contribution in [3.05, 3.63) is 70.4 Å². The van der Waals surface area contributed by atoms with Crippen molar-refractivity contribution in [2.75, 3.05) is 12.4 Å². The summed E-state index contributed by atoms with van der Waals surface area (Å²) in [5.41, 5.74) is 4.71. The number of aliphatic carboxylic acids is 1. The summed E-state index contributed by atoms with van der Waals surface area (Å²) in [6.07, 6.45) is 6.82. The van der Waals surface area contributed by atoms with E-state index < -0.39 is 29.7 Å². The molecule has 9 heteroatoms. The van der Waals surface area contributed by atoms with Gasteiger partial charge in [0.25, 0.3) is 0 Å². The van der Waals surface area contributed by atoms with Gasteiger partial charge in [-0.15, -0.1) is 0 Å². The fourth-order valence-corrected chi connectivity index (χ4v) is 12.5. The van der Waals surface area contributed by atoms with Crippen LogP contribution in [-0.2, 0) is 22.5 Å². The number of nitrogens with zero attached hydrogens (tertiary/aromatic N) is 1. The first kappa shape index (κ1) is 39.7. The molecule has 298 valence electrons. The molecule has 0 radical (unpaired) electrons. The van der Waals surface area contributed by atoms with E-state index in [0.29, 0.717) is 49.9 Å². The van der Waals surface area contributed by atoms with Crippen LogP contribution in [0.1, 0.15) is 118 Å². The summed E-state index contributed by atoms with van der Waals surface area (Å²) < 4.78 is 5.13. The molecule has 0 saturated heterocycles. The third-order valence-electron chi connectivity index (χ3n) is 15.7. The lowest BCUT2D eigenvalue weighted by Gasteiger charge is -2.64. The normalized spacial score (nSPS) is 34.7. The molecule has 4 aliphatic rings. The topological polar surface area (TPSA) is 149 Å². The summed E-state index contributed by atoms with van der Waals surface area (Å²) in [6.45, 7) is 11.1. The molecule has 11 atom stereocenters. The second-order valence-corrected chi connectivity index (χ2v) is 18.5. The van der Waals surface area contributed by atoms with E-state index >= 15 is 0 Å². The van der Waals surface area contributed by atoms with E-state index in [9.17, 15) is 30.0 Å². The number of nitrogens with one attached hydrogen (secondary N) is 1. The van der Waals surface area contributed by atoms with Gasteiger partial charge < -0.3 is 30.5 Å². The number of carbonyl (C=O) groups is 2. The molecular weight excluding hydrogens is 693 g/mol. The average molecular weight is 755 g/mol. The van der Waals surface area contributed by atoms with Crippen molar-refractivity contribution in [2.45, 2.75) is 130 Å². The number of carboxylic acid groups (broad SMARTS) is 1. The van der Waals surface area contributed by atoms with Crippen LogP contribution in [0.4, 0.5) is 5.69 Å². The fourth-order valence-electron chi connectivity index (χ4n) is 12.5. The van der Waals surface area contributed by atoms with Crippen LogP contribution >= 0.6 is 0 Å². The standard InChI is InChI=1S/C46H62N2O7/c1-26(10-17-38(51)52)32-15-16-33-41-34(23-37(50)45(32,33)5)44(4)20-21-46(54,24-31(44)22-36(41)49)19-18-29-11-13-30(14-12-29)25-47-42-39-27(2)8-7-9-35(39)48-28(3)40(42)43(53)55-6/h7-9,11-14,26,31-34,36-37,41,49-50,54H,10,15-25H2,1-6H3,(H,47,48)(H,51,52). The molecule has 0 aliphatic heterocycles. The number of hydrogen-bond acceptors (Lipinski definition) is 8. The molecule has 5 N–H and O–H groups in total. The Morgan fingerprint density at radius 2 is 1.73 bits per heavy atom. The smallest absolute Gasteiger partial charge is 0.341 e. The number of hydrogen-bond donors (Lipinski definition) is 5. The second-order valence-electron chi connectivity index (χ2n) is 18.5. The van der Waals surface area contributed by atoms with Crippen LogP contribution in [0, 0.1) is 60.2 Å². The Balaban J connectivity index is 0.995. The molecule has 4 aliphatic carbocycles. The highest BCUT2D eigenvalue weighted by Crippen LogP contribution is 2.69. The van der Waals surface area contributed by atoms with Gasteiger partial charge >= 0.3 is 11.9 Å². The summed E-state index contributed by atoms with van der Waals surface area (Å²) >= 11 is 0. The van der Waals surface area contributed by atoms with Gasteiger partial charge in [0.15, 0.2) is 0 Å². The maximum absolute atomic E-state index is 12.8. The van der Waals surface area contributed by atoms with E-state index in [1.165, 1.54) is 7.11 Å². The Hall–Kier alpha value is -3.53. The first-order valence-electron chi connectivity index (χ1n) is 20.7. The van der Waals surface area contributed by atoms with Gasteiger partial charge in [0.05, 0.1) is 41.8 Å². The number of aliphatic hydroxyl groups excluding tert-OH is 2. The number of methoxy groups -OCH3 is 1. The number of ether oxygens (including phenoxy) is 1. The van der Waals surface area contributed by atoms with Crippen LogP contribution in [0.5, 0.6) is 0 Å². The molecule has 9 nitrogen and oxygen atoms in total. The molecule has 0 spiro atoms. The zero-order chi connectivity index (χ0) is 39.4. The number of rotatable bonds is 11. The summed E-state index contributed by atoms with van der Waals surface area (Å²) in [7, 11) is 1.39. The number of aryl methyl sites for hydroxylation is 3. The maximum Gasteiger partial charge on any atom is 0.341 e. The lowest BCUT2D eigenvalue weighted by molar-refractivity contribution is -0.216. The molecule has 11 unspecified atom stereocenters. The Morgan fingerprint density at radius 1 is 1.00 bits per heavy atom. The fraction of sp³-hybridized carbons (Fsp3) is 0.630. The van der Waals surface area contributed by atoms with E-state index in [-0.39, 0.29) is 52.8 Å². The van der Waals surface area contributed by atoms with Crippen molar-refractivity contribution < 1.29 is 34.8 Å². The van der Waals surface area contributed by atoms with Crippen molar-refractivity contribution in [2.24, 2.45) is 46.3 Å². The molecule has 4 fully saturated rings. The summed E-state index contributed by atoms with van der Waals surface area (Å²) in [4.78, 5) is 28.9. The molecular formula is C46H62N2O7. The van der Waals surface area contributed by atoms with Crippen molar-refractivity contribution in [1.29, 1.82) is 0 Å². The monoisotopic (exact) mass is 754 g/mol. The zero-order valence-electron chi connectivity index (χ0n) is 33.6. The van der Waals surface area contributed by atoms with Crippen LogP contribution in [0.2, 0.25) is 0 Å². The predicted octanol–water partition coefficient (Wildman–Crippen LogP) is 8.02. The molecule has 2 aromatic carbocycles. The Labute approximate surface area is 326 Å². The van der Waals surface area contributed by atoms with Crippen LogP contribution < -0.4 is 5.32 Å². The summed E-state index contributed by atoms with van der Waals surface area (Å²) in [5, 5.41) is 49.6. The largest absolute Gasteiger partial charge is 0.481 e. The van der Waals surface area contributed by atoms with E-state index in [0.717, 1.165) is 65.4 Å². The predicted molar refractivity (Wildman–Crippen MR) is 214 cm³/mol. The van der Waals surface area contributed by atoms with Gasteiger partial charge in [-0.2, -0.15) is 0 Å². The minimum atomic E-state index is -0.806. The molecule has 0 bridgehead atoms. The number of aliphatic hydroxyl groups is 3. The highest BCUT2D eigenvalue weighted by Gasteiger charge is 2.66. The molecule has 4 saturated carbocycles. The minimum Gasteiger partial charge on any atom is -0.481 e. The number of pyridine rings is 1. The average Bonchev–Trinajstić information content (AvgIpc) is 3.51. The SMILES string of the molecule is COC(=O)c1c(C)nc2cccc(C)c2c1NCc1ccc(CCC2(O)CCC3(C)C(CC(O)C4C3CC(O)C3(C)C(C(C)CCC(=O)O)CCC43)C2)cc1. The Morgan fingerprint density at radius 3 is 2.44 bits per heavy atom. The quantitative estimate of drug-likeness (QED) is 0.123. The van der Waals surface area contributed by atoms with Gasteiger partial charge in [-0.1, -0.05) is 57.2 Å². The zero-order valence-corrected chi connectivity index (χ0v) is 33.6. The van der Waals surface area contributed by atoms with E-state index in [1.807, 2.05) is 32.0 Å².